The molecule has 4 heteroatoms. The molecule has 0 spiro atoms. The normalized spacial score (nSPS) is 23.8. The Hall–Kier alpha value is -1.68. The molecule has 1 saturated heterocycles. The minimum Gasteiger partial charge on any atom is -0.353 e. The predicted octanol–water partition coefficient (Wildman–Crippen LogP) is 1.53. The Kier molecular flexibility index (Phi) is 3.83. The molecular weight excluding hydrogens is 255 g/mol. The maximum atomic E-state index is 12.9. The second kappa shape index (κ2) is 5.75. The molecule has 2 N–H and O–H groups in total. The fourth-order valence-electron chi connectivity index (χ4n) is 3.10. The second-order valence-corrected chi connectivity index (χ2v) is 5.66. The number of ketones is 1. The molecule has 0 amide bonds. The van der Waals surface area contributed by atoms with Gasteiger partial charge in [-0.3, -0.25) is 4.79 Å². The molecule has 1 fully saturated rings. The van der Waals surface area contributed by atoms with Gasteiger partial charge in [-0.2, -0.15) is 0 Å². The van der Waals surface area contributed by atoms with Crippen molar-refractivity contribution in [3.8, 4) is 0 Å². The maximum Gasteiger partial charge on any atom is 0.185 e. The third-order valence-electron chi connectivity index (χ3n) is 4.22. The highest BCUT2D eigenvalue weighted by Gasteiger charge is 2.32. The standard InChI is InChI=1S/C16H19FN2O/c17-12-4-6-13(7-5-12)18-15-10-14(11-16(15)20)19-8-2-1-3-9-19/h4-7,10,14,18H,1-3,8-9,11H2/p+1/t14-/m0/s1. The van der Waals surface area contributed by atoms with E-state index in [9.17, 15) is 9.18 Å². The zero-order valence-electron chi connectivity index (χ0n) is 11.5. The molecule has 1 aromatic carbocycles. The van der Waals surface area contributed by atoms with Gasteiger partial charge in [-0.1, -0.05) is 0 Å². The first-order chi connectivity index (χ1) is 9.72. The second-order valence-electron chi connectivity index (χ2n) is 5.66. The summed E-state index contributed by atoms with van der Waals surface area (Å²) in [6, 6.07) is 6.42. The first-order valence-corrected chi connectivity index (χ1v) is 7.34. The molecular formula is C16H20FN2O+. The summed E-state index contributed by atoms with van der Waals surface area (Å²) in [4.78, 5) is 13.6. The van der Waals surface area contributed by atoms with Crippen molar-refractivity contribution in [3.05, 3.63) is 41.9 Å². The van der Waals surface area contributed by atoms with Crippen LogP contribution in [0.2, 0.25) is 0 Å². The Bertz CT molecular complexity index is 518. The molecule has 20 heavy (non-hydrogen) atoms. The number of halogens is 1. The van der Waals surface area contributed by atoms with Gasteiger partial charge in [-0.05, 0) is 43.5 Å². The Morgan fingerprint density at radius 1 is 1.10 bits per heavy atom. The van der Waals surface area contributed by atoms with Crippen LogP contribution in [0.15, 0.2) is 36.0 Å². The van der Waals surface area contributed by atoms with E-state index < -0.39 is 0 Å². The quantitative estimate of drug-likeness (QED) is 0.877. The van der Waals surface area contributed by atoms with Crippen molar-refractivity contribution < 1.29 is 14.1 Å². The number of hydrogen-bond acceptors (Lipinski definition) is 2. The minimum atomic E-state index is -0.266. The van der Waals surface area contributed by atoms with Gasteiger partial charge in [0.2, 0.25) is 0 Å². The van der Waals surface area contributed by atoms with Crippen LogP contribution in [-0.4, -0.2) is 24.9 Å². The van der Waals surface area contributed by atoms with Crippen LogP contribution >= 0.6 is 0 Å². The number of carbonyl (C=O) groups is 1. The van der Waals surface area contributed by atoms with Gasteiger partial charge in [0.1, 0.15) is 11.9 Å². The highest BCUT2D eigenvalue weighted by molar-refractivity contribution is 6.00. The van der Waals surface area contributed by atoms with Crippen LogP contribution in [0.3, 0.4) is 0 Å². The summed E-state index contributed by atoms with van der Waals surface area (Å²) in [6.45, 7) is 2.33. The molecule has 1 aliphatic carbocycles. The number of carbonyl (C=O) groups excluding carboxylic acids is 1. The number of benzene rings is 1. The molecule has 1 aliphatic heterocycles. The van der Waals surface area contributed by atoms with Gasteiger partial charge < -0.3 is 10.2 Å². The van der Waals surface area contributed by atoms with Gasteiger partial charge in [0.05, 0.1) is 25.2 Å². The van der Waals surface area contributed by atoms with E-state index in [-0.39, 0.29) is 11.6 Å². The van der Waals surface area contributed by atoms with E-state index in [0.717, 1.165) is 18.8 Å². The Labute approximate surface area is 118 Å². The van der Waals surface area contributed by atoms with Gasteiger partial charge in [0, 0.05) is 11.8 Å². The number of hydrogen-bond donors (Lipinski definition) is 2. The lowest BCUT2D eigenvalue weighted by atomic mass is 10.1. The van der Waals surface area contributed by atoms with Gasteiger partial charge in [-0.25, -0.2) is 4.39 Å². The fraction of sp³-hybridized carbons (Fsp3) is 0.438. The summed E-state index contributed by atoms with van der Waals surface area (Å²) in [5.41, 5.74) is 1.43. The van der Waals surface area contributed by atoms with Gasteiger partial charge in [0.25, 0.3) is 0 Å². The van der Waals surface area contributed by atoms with Crippen LogP contribution in [0.4, 0.5) is 10.1 Å². The molecule has 0 unspecified atom stereocenters. The van der Waals surface area contributed by atoms with Crippen molar-refractivity contribution >= 4 is 11.5 Å². The third kappa shape index (κ3) is 2.90. The van der Waals surface area contributed by atoms with E-state index in [1.165, 1.54) is 36.3 Å². The number of quaternary nitrogens is 1. The average molecular weight is 275 g/mol. The average Bonchev–Trinajstić information content (AvgIpc) is 2.84. The van der Waals surface area contributed by atoms with E-state index in [2.05, 4.69) is 11.4 Å². The lowest BCUT2D eigenvalue weighted by Gasteiger charge is -2.27. The van der Waals surface area contributed by atoms with Crippen LogP contribution in [0.25, 0.3) is 0 Å². The number of rotatable bonds is 3. The molecule has 3 nitrogen and oxygen atoms in total. The first kappa shape index (κ1) is 13.3. The molecule has 1 heterocycles. The van der Waals surface area contributed by atoms with Gasteiger partial charge >= 0.3 is 0 Å². The van der Waals surface area contributed by atoms with Crippen LogP contribution in [0.1, 0.15) is 25.7 Å². The molecule has 1 atom stereocenters. The zero-order valence-corrected chi connectivity index (χ0v) is 11.5. The van der Waals surface area contributed by atoms with Crippen molar-refractivity contribution in [2.45, 2.75) is 31.7 Å². The van der Waals surface area contributed by atoms with Gasteiger partial charge in [-0.15, -0.1) is 0 Å². The molecule has 0 radical (unpaired) electrons. The van der Waals surface area contributed by atoms with Crippen LogP contribution < -0.4 is 10.2 Å². The molecule has 2 aliphatic rings. The summed E-state index contributed by atoms with van der Waals surface area (Å²) in [5, 5.41) is 3.12. The number of anilines is 1. The smallest absolute Gasteiger partial charge is 0.185 e. The molecule has 3 rings (SSSR count). The summed E-state index contributed by atoms with van der Waals surface area (Å²) in [6.07, 6.45) is 6.49. The van der Waals surface area contributed by atoms with Crippen LogP contribution in [0.5, 0.6) is 0 Å². The maximum absolute atomic E-state index is 12.9. The van der Waals surface area contributed by atoms with E-state index in [1.807, 2.05) is 0 Å². The third-order valence-corrected chi connectivity index (χ3v) is 4.22. The monoisotopic (exact) mass is 275 g/mol. The first-order valence-electron chi connectivity index (χ1n) is 7.34. The SMILES string of the molecule is O=C1C[C@@H]([NH+]2CCCCC2)C=C1Nc1ccc(F)cc1. The number of allylic oxidation sites excluding steroid dienone is 1. The lowest BCUT2D eigenvalue weighted by Crippen LogP contribution is -3.16. The highest BCUT2D eigenvalue weighted by atomic mass is 19.1. The van der Waals surface area contributed by atoms with E-state index in [1.54, 1.807) is 12.1 Å². The summed E-state index contributed by atoms with van der Waals surface area (Å²) in [7, 11) is 0. The van der Waals surface area contributed by atoms with E-state index in [0.29, 0.717) is 18.2 Å². The largest absolute Gasteiger partial charge is 0.353 e. The number of piperidine rings is 1. The zero-order chi connectivity index (χ0) is 13.9. The van der Waals surface area contributed by atoms with Crippen molar-refractivity contribution in [1.82, 2.24) is 0 Å². The fourth-order valence-corrected chi connectivity index (χ4v) is 3.10. The van der Waals surface area contributed by atoms with Gasteiger partial charge in [0.15, 0.2) is 5.78 Å². The number of nitrogens with one attached hydrogen (secondary N) is 2. The van der Waals surface area contributed by atoms with E-state index >= 15 is 0 Å². The molecule has 0 bridgehead atoms. The molecule has 0 saturated carbocycles. The van der Waals surface area contributed by atoms with Crippen LogP contribution in [-0.2, 0) is 4.79 Å². The number of Topliss-reactive ketones (excluding diaryl/α,β-unsaturated/α-hetero) is 1. The van der Waals surface area contributed by atoms with Crippen molar-refractivity contribution in [3.63, 3.8) is 0 Å². The van der Waals surface area contributed by atoms with E-state index in [4.69, 9.17) is 0 Å². The minimum absolute atomic E-state index is 0.164. The Morgan fingerprint density at radius 3 is 2.50 bits per heavy atom. The van der Waals surface area contributed by atoms with Crippen LogP contribution in [0, 0.1) is 5.82 Å². The molecule has 106 valence electrons. The highest BCUT2D eigenvalue weighted by Crippen LogP contribution is 2.18. The summed E-state index contributed by atoms with van der Waals surface area (Å²) >= 11 is 0. The lowest BCUT2D eigenvalue weighted by molar-refractivity contribution is -0.922. The molecule has 0 aromatic heterocycles. The number of likely N-dealkylation sites (tertiary alicyclic amines) is 1. The summed E-state index contributed by atoms with van der Waals surface area (Å²) < 4.78 is 12.9. The topological polar surface area (TPSA) is 33.5 Å². The Balaban J connectivity index is 1.68. The van der Waals surface area contributed by atoms with Crippen molar-refractivity contribution in [2.24, 2.45) is 0 Å². The predicted molar refractivity (Wildman–Crippen MR) is 76.1 cm³/mol. The summed E-state index contributed by atoms with van der Waals surface area (Å²) in [5.74, 6) is -0.102. The molecule has 1 aromatic rings. The van der Waals surface area contributed by atoms with Crippen molar-refractivity contribution in [1.29, 1.82) is 0 Å². The Morgan fingerprint density at radius 2 is 1.80 bits per heavy atom. The van der Waals surface area contributed by atoms with Crippen molar-refractivity contribution in [2.75, 3.05) is 18.4 Å².